The first-order valence-corrected chi connectivity index (χ1v) is 7.65. The molecule has 1 saturated carbocycles. The van der Waals surface area contributed by atoms with Crippen molar-refractivity contribution >= 4 is 5.91 Å². The van der Waals surface area contributed by atoms with Crippen molar-refractivity contribution in [1.29, 1.82) is 0 Å². The summed E-state index contributed by atoms with van der Waals surface area (Å²) in [5.41, 5.74) is 5.98. The fourth-order valence-electron chi connectivity index (χ4n) is 3.59. The van der Waals surface area contributed by atoms with E-state index in [4.69, 9.17) is 10.5 Å². The van der Waals surface area contributed by atoms with E-state index in [0.29, 0.717) is 23.8 Å². The van der Waals surface area contributed by atoms with Crippen LogP contribution < -0.4 is 5.73 Å². The van der Waals surface area contributed by atoms with Gasteiger partial charge in [0.25, 0.3) is 0 Å². The molecule has 4 nitrogen and oxygen atoms in total. The largest absolute Gasteiger partial charge is 0.384 e. The van der Waals surface area contributed by atoms with Gasteiger partial charge in [-0.25, -0.2) is 0 Å². The molecule has 0 aromatic rings. The number of carbonyl (C=O) groups is 1. The molecule has 110 valence electrons. The van der Waals surface area contributed by atoms with E-state index in [-0.39, 0.29) is 5.92 Å². The zero-order chi connectivity index (χ0) is 13.8. The van der Waals surface area contributed by atoms with E-state index in [0.717, 1.165) is 51.8 Å². The van der Waals surface area contributed by atoms with Crippen molar-refractivity contribution in [2.45, 2.75) is 45.1 Å². The number of nitrogens with zero attached hydrogens (tertiary/aromatic N) is 1. The molecular formula is C15H28N2O2. The Morgan fingerprint density at radius 3 is 2.53 bits per heavy atom. The van der Waals surface area contributed by atoms with Gasteiger partial charge >= 0.3 is 0 Å². The van der Waals surface area contributed by atoms with Gasteiger partial charge in [-0.05, 0) is 43.9 Å². The van der Waals surface area contributed by atoms with Gasteiger partial charge < -0.3 is 15.4 Å². The lowest BCUT2D eigenvalue weighted by Crippen LogP contribution is -2.46. The molecule has 3 unspecified atom stereocenters. The first kappa shape index (κ1) is 14.8. The van der Waals surface area contributed by atoms with E-state index < -0.39 is 0 Å². The van der Waals surface area contributed by atoms with Gasteiger partial charge in [0.2, 0.25) is 5.91 Å². The Morgan fingerprint density at radius 2 is 1.95 bits per heavy atom. The molecule has 1 saturated heterocycles. The molecular weight excluding hydrogens is 240 g/mol. The van der Waals surface area contributed by atoms with E-state index in [1.54, 1.807) is 7.11 Å². The Labute approximate surface area is 116 Å². The van der Waals surface area contributed by atoms with Crippen LogP contribution in [0.1, 0.15) is 39.0 Å². The number of piperidine rings is 1. The van der Waals surface area contributed by atoms with Crippen molar-refractivity contribution in [3.63, 3.8) is 0 Å². The fraction of sp³-hybridized carbons (Fsp3) is 0.933. The van der Waals surface area contributed by atoms with Crippen molar-refractivity contribution in [2.75, 3.05) is 26.8 Å². The number of rotatable bonds is 3. The highest BCUT2D eigenvalue weighted by Gasteiger charge is 2.34. The van der Waals surface area contributed by atoms with Gasteiger partial charge in [-0.2, -0.15) is 0 Å². The zero-order valence-corrected chi connectivity index (χ0v) is 12.3. The third-order valence-electron chi connectivity index (χ3n) is 4.86. The summed E-state index contributed by atoms with van der Waals surface area (Å²) in [6, 6.07) is 0.298. The van der Waals surface area contributed by atoms with Gasteiger partial charge in [-0.3, -0.25) is 4.79 Å². The molecule has 0 bridgehead atoms. The molecule has 4 heteroatoms. The van der Waals surface area contributed by atoms with E-state index in [9.17, 15) is 4.79 Å². The number of nitrogens with two attached hydrogens (primary N) is 1. The van der Waals surface area contributed by atoms with Crippen LogP contribution in [0, 0.1) is 17.8 Å². The first-order valence-electron chi connectivity index (χ1n) is 7.65. The van der Waals surface area contributed by atoms with Crippen molar-refractivity contribution in [2.24, 2.45) is 23.5 Å². The predicted molar refractivity (Wildman–Crippen MR) is 75.7 cm³/mol. The molecule has 2 fully saturated rings. The molecule has 1 amide bonds. The van der Waals surface area contributed by atoms with Crippen LogP contribution in [0.25, 0.3) is 0 Å². The normalized spacial score (nSPS) is 33.4. The Kier molecular flexibility index (Phi) is 5.22. The van der Waals surface area contributed by atoms with Gasteiger partial charge in [-0.1, -0.05) is 6.92 Å². The van der Waals surface area contributed by atoms with Gasteiger partial charge in [0.1, 0.15) is 0 Å². The molecule has 1 heterocycles. The van der Waals surface area contributed by atoms with Crippen LogP contribution in [-0.2, 0) is 9.53 Å². The van der Waals surface area contributed by atoms with Gasteiger partial charge in [0.15, 0.2) is 0 Å². The molecule has 2 aliphatic rings. The maximum atomic E-state index is 12.6. The van der Waals surface area contributed by atoms with E-state index >= 15 is 0 Å². The van der Waals surface area contributed by atoms with Crippen LogP contribution in [0.2, 0.25) is 0 Å². The second-order valence-electron chi connectivity index (χ2n) is 6.38. The van der Waals surface area contributed by atoms with Crippen LogP contribution in [0.15, 0.2) is 0 Å². The smallest absolute Gasteiger partial charge is 0.225 e. The molecule has 3 atom stereocenters. The Bertz CT molecular complexity index is 301. The van der Waals surface area contributed by atoms with E-state index in [1.807, 2.05) is 0 Å². The van der Waals surface area contributed by atoms with Crippen LogP contribution in [-0.4, -0.2) is 43.7 Å². The Balaban J connectivity index is 1.84. The summed E-state index contributed by atoms with van der Waals surface area (Å²) in [7, 11) is 1.75. The second kappa shape index (κ2) is 6.71. The topological polar surface area (TPSA) is 55.6 Å². The minimum Gasteiger partial charge on any atom is -0.384 e. The third kappa shape index (κ3) is 3.69. The summed E-state index contributed by atoms with van der Waals surface area (Å²) in [5.74, 6) is 1.65. The summed E-state index contributed by atoms with van der Waals surface area (Å²) < 4.78 is 5.20. The summed E-state index contributed by atoms with van der Waals surface area (Å²) in [6.45, 7) is 4.82. The number of hydrogen-bond acceptors (Lipinski definition) is 3. The van der Waals surface area contributed by atoms with Crippen molar-refractivity contribution in [3.05, 3.63) is 0 Å². The van der Waals surface area contributed by atoms with Gasteiger partial charge in [0, 0.05) is 38.8 Å². The lowest BCUT2D eigenvalue weighted by molar-refractivity contribution is -0.140. The monoisotopic (exact) mass is 268 g/mol. The average Bonchev–Trinajstić information content (AvgIpc) is 2.39. The van der Waals surface area contributed by atoms with Crippen LogP contribution in [0.5, 0.6) is 0 Å². The van der Waals surface area contributed by atoms with Crippen LogP contribution >= 0.6 is 0 Å². The maximum Gasteiger partial charge on any atom is 0.225 e. The number of methoxy groups -OCH3 is 1. The van der Waals surface area contributed by atoms with Crippen LogP contribution in [0.3, 0.4) is 0 Å². The molecule has 1 aliphatic heterocycles. The molecule has 0 spiro atoms. The minimum absolute atomic E-state index is 0.207. The summed E-state index contributed by atoms with van der Waals surface area (Å²) in [4.78, 5) is 14.7. The molecule has 0 aromatic heterocycles. The van der Waals surface area contributed by atoms with Gasteiger partial charge in [0.05, 0.1) is 0 Å². The van der Waals surface area contributed by atoms with E-state index in [2.05, 4.69) is 11.8 Å². The standard InChI is InChI=1S/C15H28N2O2/c1-11-9-13(16)3-4-14(11)15(18)17-7-5-12(6-8-17)10-19-2/h11-14H,3-10,16H2,1-2H3. The highest BCUT2D eigenvalue weighted by molar-refractivity contribution is 5.79. The fourth-order valence-corrected chi connectivity index (χ4v) is 3.59. The lowest BCUT2D eigenvalue weighted by atomic mass is 9.77. The van der Waals surface area contributed by atoms with Gasteiger partial charge in [-0.15, -0.1) is 0 Å². The maximum absolute atomic E-state index is 12.6. The van der Waals surface area contributed by atoms with Crippen molar-refractivity contribution < 1.29 is 9.53 Å². The second-order valence-corrected chi connectivity index (χ2v) is 6.38. The first-order chi connectivity index (χ1) is 9.11. The summed E-state index contributed by atoms with van der Waals surface area (Å²) >= 11 is 0. The number of likely N-dealkylation sites (tertiary alicyclic amines) is 1. The number of amides is 1. The summed E-state index contributed by atoms with van der Waals surface area (Å²) in [5, 5.41) is 0. The molecule has 0 aromatic carbocycles. The van der Waals surface area contributed by atoms with Crippen molar-refractivity contribution in [3.8, 4) is 0 Å². The molecule has 2 N–H and O–H groups in total. The number of carbonyl (C=O) groups excluding carboxylic acids is 1. The third-order valence-corrected chi connectivity index (χ3v) is 4.86. The SMILES string of the molecule is COCC1CCN(C(=O)C2CCC(N)CC2C)CC1. The quantitative estimate of drug-likeness (QED) is 0.846. The van der Waals surface area contributed by atoms with Crippen LogP contribution in [0.4, 0.5) is 0 Å². The zero-order valence-electron chi connectivity index (χ0n) is 12.3. The Hall–Kier alpha value is -0.610. The number of hydrogen-bond donors (Lipinski definition) is 1. The highest BCUT2D eigenvalue weighted by Crippen LogP contribution is 2.31. The minimum atomic E-state index is 0.207. The highest BCUT2D eigenvalue weighted by atomic mass is 16.5. The predicted octanol–water partition coefficient (Wildman–Crippen LogP) is 1.63. The molecule has 2 rings (SSSR count). The van der Waals surface area contributed by atoms with Crippen molar-refractivity contribution in [1.82, 2.24) is 4.90 Å². The summed E-state index contributed by atoms with van der Waals surface area (Å²) in [6.07, 6.45) is 5.14. The Morgan fingerprint density at radius 1 is 1.26 bits per heavy atom. The van der Waals surface area contributed by atoms with E-state index in [1.165, 1.54) is 0 Å². The lowest BCUT2D eigenvalue weighted by Gasteiger charge is -2.38. The molecule has 0 radical (unpaired) electrons. The molecule has 1 aliphatic carbocycles. The number of ether oxygens (including phenoxy) is 1. The molecule has 19 heavy (non-hydrogen) atoms. The average molecular weight is 268 g/mol.